The smallest absolute Gasteiger partial charge is 0.174 e. The highest BCUT2D eigenvalue weighted by Crippen LogP contribution is 2.31. The topological polar surface area (TPSA) is 51.8 Å². The summed E-state index contributed by atoms with van der Waals surface area (Å²) >= 11 is 9.25. The van der Waals surface area contributed by atoms with Gasteiger partial charge in [0.2, 0.25) is 0 Å². The van der Waals surface area contributed by atoms with Crippen molar-refractivity contribution >= 4 is 40.4 Å². The predicted octanol–water partition coefficient (Wildman–Crippen LogP) is 3.37. The van der Waals surface area contributed by atoms with Gasteiger partial charge in [0.15, 0.2) is 4.34 Å². The van der Waals surface area contributed by atoms with E-state index < -0.39 is 0 Å². The van der Waals surface area contributed by atoms with Crippen molar-refractivity contribution in [2.75, 3.05) is 5.73 Å². The van der Waals surface area contributed by atoms with Crippen LogP contribution >= 0.6 is 34.7 Å². The van der Waals surface area contributed by atoms with Crippen molar-refractivity contribution in [2.45, 2.75) is 17.0 Å². The molecule has 1 heterocycles. The molecule has 0 saturated heterocycles. The zero-order valence-electron chi connectivity index (χ0n) is 8.61. The zero-order valence-corrected chi connectivity index (χ0v) is 11.0. The van der Waals surface area contributed by atoms with Gasteiger partial charge in [0.25, 0.3) is 0 Å². The zero-order chi connectivity index (χ0) is 11.5. The molecule has 3 nitrogen and oxygen atoms in total. The van der Waals surface area contributed by atoms with Crippen LogP contribution in [0.25, 0.3) is 0 Å². The van der Waals surface area contributed by atoms with E-state index in [2.05, 4.69) is 10.2 Å². The number of rotatable bonds is 3. The van der Waals surface area contributed by atoms with Crippen molar-refractivity contribution in [1.29, 1.82) is 0 Å². The Bertz CT molecular complexity index is 478. The molecule has 16 heavy (non-hydrogen) atoms. The number of nitrogen functional groups attached to an aromatic ring is 1. The van der Waals surface area contributed by atoms with Crippen LogP contribution in [0.3, 0.4) is 0 Å². The van der Waals surface area contributed by atoms with Gasteiger partial charge in [-0.05, 0) is 19.1 Å². The van der Waals surface area contributed by atoms with Gasteiger partial charge >= 0.3 is 0 Å². The summed E-state index contributed by atoms with van der Waals surface area (Å²) in [6.45, 7) is 1.94. The summed E-state index contributed by atoms with van der Waals surface area (Å²) in [7, 11) is 0. The molecule has 0 aliphatic rings. The average Bonchev–Trinajstić information content (AvgIpc) is 2.63. The lowest BCUT2D eigenvalue weighted by molar-refractivity contribution is 0.983. The van der Waals surface area contributed by atoms with Gasteiger partial charge in [-0.1, -0.05) is 40.8 Å². The number of hydrogen-bond donors (Lipinski definition) is 1. The lowest BCUT2D eigenvalue weighted by atomic mass is 10.2. The van der Waals surface area contributed by atoms with Crippen LogP contribution in [-0.4, -0.2) is 10.2 Å². The monoisotopic (exact) mass is 271 g/mol. The minimum absolute atomic E-state index is 0.703. The highest BCUT2D eigenvalue weighted by Gasteiger charge is 2.07. The molecular formula is C10H10ClN3S2. The number of aryl methyl sites for hydroxylation is 1. The fraction of sp³-hybridized carbons (Fsp3) is 0.200. The van der Waals surface area contributed by atoms with Gasteiger partial charge in [0, 0.05) is 22.0 Å². The van der Waals surface area contributed by atoms with Crippen molar-refractivity contribution in [2.24, 2.45) is 0 Å². The predicted molar refractivity (Wildman–Crippen MR) is 70.1 cm³/mol. The molecule has 2 aromatic rings. The largest absolute Gasteiger partial charge is 0.398 e. The van der Waals surface area contributed by atoms with E-state index in [9.17, 15) is 0 Å². The maximum atomic E-state index is 6.07. The quantitative estimate of drug-likeness (QED) is 0.687. The molecule has 0 radical (unpaired) electrons. The lowest BCUT2D eigenvalue weighted by Crippen LogP contribution is -1.93. The Morgan fingerprint density at radius 1 is 1.44 bits per heavy atom. The first-order chi connectivity index (χ1) is 7.66. The molecule has 0 atom stereocenters. The van der Waals surface area contributed by atoms with Crippen LogP contribution in [0.15, 0.2) is 22.5 Å². The summed E-state index contributed by atoms with van der Waals surface area (Å²) in [6.07, 6.45) is 0. The van der Waals surface area contributed by atoms with Crippen LogP contribution in [0.5, 0.6) is 0 Å². The molecule has 6 heteroatoms. The summed E-state index contributed by atoms with van der Waals surface area (Å²) in [4.78, 5) is 0. The van der Waals surface area contributed by atoms with Gasteiger partial charge in [0.1, 0.15) is 5.01 Å². The molecule has 1 aromatic carbocycles. The number of nitrogens with zero attached hydrogens (tertiary/aromatic N) is 2. The molecule has 0 bridgehead atoms. The highest BCUT2D eigenvalue weighted by atomic mass is 35.5. The Labute approximate surface area is 107 Å². The van der Waals surface area contributed by atoms with E-state index in [1.807, 2.05) is 25.1 Å². The fourth-order valence-corrected chi connectivity index (χ4v) is 3.41. The summed E-state index contributed by atoms with van der Waals surface area (Å²) in [5.41, 5.74) is 7.54. The molecule has 84 valence electrons. The van der Waals surface area contributed by atoms with E-state index in [0.29, 0.717) is 5.02 Å². The second-order valence-electron chi connectivity index (χ2n) is 3.18. The van der Waals surface area contributed by atoms with Crippen molar-refractivity contribution in [3.8, 4) is 0 Å². The molecule has 2 rings (SSSR count). The number of benzene rings is 1. The Morgan fingerprint density at radius 2 is 2.25 bits per heavy atom. The fourth-order valence-electron chi connectivity index (χ4n) is 1.20. The van der Waals surface area contributed by atoms with Crippen molar-refractivity contribution in [3.63, 3.8) is 0 Å². The molecule has 0 spiro atoms. The minimum atomic E-state index is 0.703. The third-order valence-corrected chi connectivity index (χ3v) is 4.36. The van der Waals surface area contributed by atoms with Gasteiger partial charge in [-0.25, -0.2) is 0 Å². The molecular weight excluding hydrogens is 262 g/mol. The van der Waals surface area contributed by atoms with Crippen LogP contribution in [0.2, 0.25) is 5.02 Å². The Balaban J connectivity index is 2.10. The van der Waals surface area contributed by atoms with Gasteiger partial charge in [-0.2, -0.15) is 0 Å². The number of halogens is 1. The molecule has 1 aromatic heterocycles. The average molecular weight is 272 g/mol. The van der Waals surface area contributed by atoms with Gasteiger partial charge in [0.05, 0.1) is 0 Å². The van der Waals surface area contributed by atoms with Gasteiger partial charge in [-0.15, -0.1) is 10.2 Å². The number of aromatic nitrogens is 2. The standard InChI is InChI=1S/C10H10ClN3S2/c1-6-13-14-10(16-6)15-5-7-8(11)3-2-4-9(7)12/h2-4H,5,12H2,1H3. The van der Waals surface area contributed by atoms with E-state index in [0.717, 1.165) is 26.4 Å². The third kappa shape index (κ3) is 2.66. The summed E-state index contributed by atoms with van der Waals surface area (Å²) in [5, 5.41) is 9.66. The van der Waals surface area contributed by atoms with Crippen LogP contribution in [-0.2, 0) is 5.75 Å². The molecule has 0 amide bonds. The molecule has 0 saturated carbocycles. The van der Waals surface area contributed by atoms with Gasteiger partial charge < -0.3 is 5.73 Å². The third-order valence-electron chi connectivity index (χ3n) is 2.00. The number of anilines is 1. The minimum Gasteiger partial charge on any atom is -0.398 e. The maximum Gasteiger partial charge on any atom is 0.174 e. The molecule has 0 fully saturated rings. The Kier molecular flexibility index (Phi) is 3.68. The molecule has 2 N–H and O–H groups in total. The normalized spacial score (nSPS) is 10.6. The van der Waals surface area contributed by atoms with Crippen molar-refractivity contribution in [1.82, 2.24) is 10.2 Å². The van der Waals surface area contributed by atoms with E-state index in [4.69, 9.17) is 17.3 Å². The summed E-state index contributed by atoms with van der Waals surface area (Å²) in [5.74, 6) is 0.722. The first kappa shape index (κ1) is 11.7. The van der Waals surface area contributed by atoms with Crippen LogP contribution in [0.4, 0.5) is 5.69 Å². The van der Waals surface area contributed by atoms with Crippen LogP contribution in [0, 0.1) is 6.92 Å². The summed E-state index contributed by atoms with van der Waals surface area (Å²) in [6, 6.07) is 5.55. The van der Waals surface area contributed by atoms with Crippen molar-refractivity contribution in [3.05, 3.63) is 33.8 Å². The lowest BCUT2D eigenvalue weighted by Gasteiger charge is -2.05. The summed E-state index contributed by atoms with van der Waals surface area (Å²) < 4.78 is 0.941. The second-order valence-corrected chi connectivity index (χ2v) is 5.99. The molecule has 0 aliphatic heterocycles. The van der Waals surface area contributed by atoms with E-state index >= 15 is 0 Å². The van der Waals surface area contributed by atoms with Crippen molar-refractivity contribution < 1.29 is 0 Å². The van der Waals surface area contributed by atoms with E-state index in [1.54, 1.807) is 23.1 Å². The van der Waals surface area contributed by atoms with Crippen LogP contribution < -0.4 is 5.73 Å². The number of hydrogen-bond acceptors (Lipinski definition) is 5. The number of nitrogens with two attached hydrogens (primary N) is 1. The Morgan fingerprint density at radius 3 is 2.88 bits per heavy atom. The highest BCUT2D eigenvalue weighted by molar-refractivity contribution is 8.00. The first-order valence-corrected chi connectivity index (χ1v) is 6.80. The molecule has 0 aliphatic carbocycles. The SMILES string of the molecule is Cc1nnc(SCc2c(N)cccc2Cl)s1. The first-order valence-electron chi connectivity index (χ1n) is 4.62. The van der Waals surface area contributed by atoms with E-state index in [1.165, 1.54) is 0 Å². The van der Waals surface area contributed by atoms with E-state index in [-0.39, 0.29) is 0 Å². The number of thioether (sulfide) groups is 1. The maximum absolute atomic E-state index is 6.07. The molecule has 0 unspecified atom stereocenters. The van der Waals surface area contributed by atoms with Gasteiger partial charge in [-0.3, -0.25) is 0 Å². The van der Waals surface area contributed by atoms with Crippen LogP contribution in [0.1, 0.15) is 10.6 Å². The second kappa shape index (κ2) is 5.03. The Hall–Kier alpha value is -0.780.